The molecule has 11 heavy (non-hydrogen) atoms. The van der Waals surface area contributed by atoms with Crippen molar-refractivity contribution in [2.75, 3.05) is 13.1 Å². The predicted octanol–water partition coefficient (Wildman–Crippen LogP) is 2.64. The molecule has 0 amide bonds. The van der Waals surface area contributed by atoms with Crippen LogP contribution in [0.4, 0.5) is 0 Å². The smallest absolute Gasteiger partial charge is 0.0202 e. The molecule has 1 atom stereocenters. The predicted molar refractivity (Wildman–Crippen MR) is 49.4 cm³/mol. The van der Waals surface area contributed by atoms with Crippen molar-refractivity contribution < 1.29 is 0 Å². The molecule has 0 bridgehead atoms. The van der Waals surface area contributed by atoms with E-state index in [1.165, 1.54) is 38.0 Å². The summed E-state index contributed by atoms with van der Waals surface area (Å²) in [6.07, 6.45) is 4.09. The minimum atomic E-state index is 0.917. The Morgan fingerprint density at radius 1 is 1.64 bits per heavy atom. The summed E-state index contributed by atoms with van der Waals surface area (Å²) in [4.78, 5) is 2.41. The maximum absolute atomic E-state index is 3.97. The molecule has 1 heteroatoms. The van der Waals surface area contributed by atoms with E-state index in [2.05, 4.69) is 25.3 Å². The van der Waals surface area contributed by atoms with Gasteiger partial charge in [-0.2, -0.15) is 0 Å². The van der Waals surface area contributed by atoms with Crippen LogP contribution in [0.3, 0.4) is 0 Å². The molecule has 0 N–H and O–H groups in total. The maximum Gasteiger partial charge on any atom is 0.0202 e. The largest absolute Gasteiger partial charge is 0.375 e. The van der Waals surface area contributed by atoms with Gasteiger partial charge in [-0.1, -0.05) is 19.9 Å². The zero-order chi connectivity index (χ0) is 8.27. The van der Waals surface area contributed by atoms with E-state index in [9.17, 15) is 0 Å². The van der Waals surface area contributed by atoms with Gasteiger partial charge < -0.3 is 4.90 Å². The highest BCUT2D eigenvalue weighted by Crippen LogP contribution is 2.21. The van der Waals surface area contributed by atoms with E-state index in [0.29, 0.717) is 0 Å². The van der Waals surface area contributed by atoms with E-state index in [1.807, 2.05) is 0 Å². The summed E-state index contributed by atoms with van der Waals surface area (Å²) in [6, 6.07) is 0. The molecule has 0 aromatic heterocycles. The average molecular weight is 153 g/mol. The minimum Gasteiger partial charge on any atom is -0.375 e. The van der Waals surface area contributed by atoms with E-state index < -0.39 is 0 Å². The highest BCUT2D eigenvalue weighted by Gasteiger charge is 2.17. The van der Waals surface area contributed by atoms with Gasteiger partial charge in [0.2, 0.25) is 0 Å². The molecule has 1 rings (SSSR count). The van der Waals surface area contributed by atoms with Crippen LogP contribution < -0.4 is 0 Å². The molecule has 0 aliphatic carbocycles. The molecule has 0 radical (unpaired) electrons. The molecular formula is C10H19N. The molecule has 1 unspecified atom stereocenters. The number of rotatable bonds is 2. The number of hydrogen-bond acceptors (Lipinski definition) is 1. The number of allylic oxidation sites excluding steroid dienone is 1. The van der Waals surface area contributed by atoms with Crippen molar-refractivity contribution >= 4 is 0 Å². The highest BCUT2D eigenvalue weighted by atomic mass is 15.1. The summed E-state index contributed by atoms with van der Waals surface area (Å²) in [7, 11) is 0. The topological polar surface area (TPSA) is 3.24 Å². The van der Waals surface area contributed by atoms with Gasteiger partial charge in [0.1, 0.15) is 0 Å². The SMILES string of the molecule is C=C(C)N1CCCC(CC)C1. The van der Waals surface area contributed by atoms with E-state index in [-0.39, 0.29) is 0 Å². The molecule has 1 aliphatic rings. The second-order valence-corrected chi connectivity index (χ2v) is 3.60. The molecule has 0 saturated carbocycles. The van der Waals surface area contributed by atoms with Crippen molar-refractivity contribution in [1.29, 1.82) is 0 Å². The quantitative estimate of drug-likeness (QED) is 0.589. The standard InChI is InChI=1S/C10H19N/c1-4-10-6-5-7-11(8-10)9(2)3/h10H,2,4-8H2,1,3H3. The summed E-state index contributed by atoms with van der Waals surface area (Å²) >= 11 is 0. The second kappa shape index (κ2) is 3.80. The van der Waals surface area contributed by atoms with Crippen molar-refractivity contribution in [1.82, 2.24) is 4.90 Å². The number of hydrogen-bond donors (Lipinski definition) is 0. The lowest BCUT2D eigenvalue weighted by atomic mass is 9.95. The van der Waals surface area contributed by atoms with Crippen LogP contribution in [0.5, 0.6) is 0 Å². The number of nitrogens with zero attached hydrogens (tertiary/aromatic N) is 1. The van der Waals surface area contributed by atoms with Gasteiger partial charge in [-0.15, -0.1) is 0 Å². The van der Waals surface area contributed by atoms with Crippen LogP contribution in [0.2, 0.25) is 0 Å². The molecule has 1 fully saturated rings. The molecular weight excluding hydrogens is 134 g/mol. The fourth-order valence-electron chi connectivity index (χ4n) is 1.74. The first-order valence-corrected chi connectivity index (χ1v) is 4.64. The fraction of sp³-hybridized carbons (Fsp3) is 0.800. The Bertz CT molecular complexity index is 140. The Labute approximate surface area is 70.1 Å². The summed E-state index contributed by atoms with van der Waals surface area (Å²) in [5.74, 6) is 0.917. The first-order chi connectivity index (χ1) is 5.24. The summed E-state index contributed by atoms with van der Waals surface area (Å²) in [5.41, 5.74) is 1.24. The Morgan fingerprint density at radius 3 is 2.91 bits per heavy atom. The molecule has 1 saturated heterocycles. The van der Waals surface area contributed by atoms with Gasteiger partial charge in [-0.05, 0) is 25.7 Å². The van der Waals surface area contributed by atoms with Crippen molar-refractivity contribution in [3.63, 3.8) is 0 Å². The molecule has 0 spiro atoms. The third-order valence-corrected chi connectivity index (χ3v) is 2.64. The molecule has 1 nitrogen and oxygen atoms in total. The number of piperidine rings is 1. The van der Waals surface area contributed by atoms with Gasteiger partial charge >= 0.3 is 0 Å². The van der Waals surface area contributed by atoms with Crippen LogP contribution >= 0.6 is 0 Å². The van der Waals surface area contributed by atoms with Gasteiger partial charge in [0.15, 0.2) is 0 Å². The molecule has 0 aromatic rings. The van der Waals surface area contributed by atoms with Crippen LogP contribution in [-0.2, 0) is 0 Å². The third-order valence-electron chi connectivity index (χ3n) is 2.64. The zero-order valence-corrected chi connectivity index (χ0v) is 7.77. The lowest BCUT2D eigenvalue weighted by Crippen LogP contribution is -2.33. The van der Waals surface area contributed by atoms with Gasteiger partial charge in [0.25, 0.3) is 0 Å². The fourth-order valence-corrected chi connectivity index (χ4v) is 1.74. The average Bonchev–Trinajstić information content (AvgIpc) is 2.05. The summed E-state index contributed by atoms with van der Waals surface area (Å²) in [5, 5.41) is 0. The highest BCUT2D eigenvalue weighted by molar-refractivity contribution is 4.91. The maximum atomic E-state index is 3.97. The molecule has 1 heterocycles. The van der Waals surface area contributed by atoms with E-state index in [0.717, 1.165) is 5.92 Å². The Kier molecular flexibility index (Phi) is 2.98. The summed E-state index contributed by atoms with van der Waals surface area (Å²) in [6.45, 7) is 10.8. The van der Waals surface area contributed by atoms with Crippen LogP contribution in [0.25, 0.3) is 0 Å². The third kappa shape index (κ3) is 2.25. The first kappa shape index (κ1) is 8.63. The van der Waals surface area contributed by atoms with Gasteiger partial charge in [-0.25, -0.2) is 0 Å². The Balaban J connectivity index is 2.39. The van der Waals surface area contributed by atoms with Crippen molar-refractivity contribution in [3.8, 4) is 0 Å². The molecule has 0 aromatic carbocycles. The second-order valence-electron chi connectivity index (χ2n) is 3.60. The first-order valence-electron chi connectivity index (χ1n) is 4.64. The Hall–Kier alpha value is -0.460. The minimum absolute atomic E-state index is 0.917. The lowest BCUT2D eigenvalue weighted by molar-refractivity contribution is 0.214. The molecule has 1 aliphatic heterocycles. The molecule has 64 valence electrons. The van der Waals surface area contributed by atoms with Crippen molar-refractivity contribution in [3.05, 3.63) is 12.3 Å². The van der Waals surface area contributed by atoms with Crippen LogP contribution in [0, 0.1) is 5.92 Å². The van der Waals surface area contributed by atoms with E-state index >= 15 is 0 Å². The lowest BCUT2D eigenvalue weighted by Gasteiger charge is -2.34. The van der Waals surface area contributed by atoms with Crippen LogP contribution in [0.1, 0.15) is 33.1 Å². The van der Waals surface area contributed by atoms with Gasteiger partial charge in [-0.3, -0.25) is 0 Å². The monoisotopic (exact) mass is 153 g/mol. The van der Waals surface area contributed by atoms with Gasteiger partial charge in [0, 0.05) is 18.8 Å². The van der Waals surface area contributed by atoms with Crippen LogP contribution in [0.15, 0.2) is 12.3 Å². The number of likely N-dealkylation sites (tertiary alicyclic amines) is 1. The zero-order valence-electron chi connectivity index (χ0n) is 7.77. The van der Waals surface area contributed by atoms with Gasteiger partial charge in [0.05, 0.1) is 0 Å². The normalized spacial score (nSPS) is 25.3. The van der Waals surface area contributed by atoms with Crippen molar-refractivity contribution in [2.24, 2.45) is 5.92 Å². The van der Waals surface area contributed by atoms with Crippen LogP contribution in [-0.4, -0.2) is 18.0 Å². The van der Waals surface area contributed by atoms with Crippen molar-refractivity contribution in [2.45, 2.75) is 33.1 Å². The van der Waals surface area contributed by atoms with E-state index in [1.54, 1.807) is 0 Å². The Morgan fingerprint density at radius 2 is 2.36 bits per heavy atom. The summed E-state index contributed by atoms with van der Waals surface area (Å²) < 4.78 is 0. The van der Waals surface area contributed by atoms with E-state index in [4.69, 9.17) is 0 Å².